The van der Waals surface area contributed by atoms with Crippen LogP contribution in [0, 0.1) is 0 Å². The zero-order valence-corrected chi connectivity index (χ0v) is 18.2. The van der Waals surface area contributed by atoms with Gasteiger partial charge >= 0.3 is 0 Å². The Morgan fingerprint density at radius 2 is 1.68 bits per heavy atom. The Morgan fingerprint density at radius 3 is 2.58 bits per heavy atom. The molecule has 2 heterocycles. The highest BCUT2D eigenvalue weighted by atomic mass is 79.9. The molecule has 0 bridgehead atoms. The zero-order valence-electron chi connectivity index (χ0n) is 16.6. The number of benzene rings is 4. The van der Waals surface area contributed by atoms with Gasteiger partial charge in [-0.25, -0.2) is 5.01 Å². The molecule has 31 heavy (non-hydrogen) atoms. The standard InChI is InChI=1S/C26H19BrN2O2/c27-19-11-12-24(30)21(14-19)26-29-23(20-7-3-4-8-25(20)31-26)15-22(28-29)18-10-9-16-5-1-2-6-17(16)13-18/h1-14,23,26,30H,15H2/t23-,26+/m0/s1. The van der Waals surface area contributed by atoms with Crippen LogP contribution in [0.2, 0.25) is 0 Å². The lowest BCUT2D eigenvalue weighted by atomic mass is 9.95. The molecule has 4 aromatic rings. The summed E-state index contributed by atoms with van der Waals surface area (Å²) < 4.78 is 7.25. The van der Waals surface area contributed by atoms with E-state index in [0.29, 0.717) is 5.56 Å². The first-order chi connectivity index (χ1) is 15.2. The molecule has 0 amide bonds. The van der Waals surface area contributed by atoms with Crippen LogP contribution in [0.3, 0.4) is 0 Å². The zero-order chi connectivity index (χ0) is 20.9. The smallest absolute Gasteiger partial charge is 0.217 e. The largest absolute Gasteiger partial charge is 0.507 e. The van der Waals surface area contributed by atoms with Gasteiger partial charge in [-0.1, -0.05) is 70.5 Å². The fraction of sp³-hybridized carbons (Fsp3) is 0.115. The SMILES string of the molecule is Oc1ccc(Br)cc1[C@H]1Oc2ccccc2[C@@H]2CC(c3ccc4ccccc4c3)=NN12. The molecule has 0 radical (unpaired) electrons. The molecule has 0 aromatic heterocycles. The van der Waals surface area contributed by atoms with Gasteiger partial charge in [0.1, 0.15) is 11.5 Å². The summed E-state index contributed by atoms with van der Waals surface area (Å²) in [5.74, 6) is 1.03. The summed E-state index contributed by atoms with van der Waals surface area (Å²) in [7, 11) is 0. The Hall–Kier alpha value is -3.31. The molecule has 4 aromatic carbocycles. The number of aromatic hydroxyl groups is 1. The van der Waals surface area contributed by atoms with Crippen molar-refractivity contribution in [1.82, 2.24) is 5.01 Å². The second kappa shape index (κ2) is 7.13. The maximum absolute atomic E-state index is 10.6. The Bertz CT molecular complexity index is 1350. The second-order valence-corrected chi connectivity index (χ2v) is 8.84. The summed E-state index contributed by atoms with van der Waals surface area (Å²) in [5.41, 5.74) is 3.95. The van der Waals surface area contributed by atoms with Crippen LogP contribution in [-0.4, -0.2) is 15.8 Å². The fourth-order valence-corrected chi connectivity index (χ4v) is 4.88. The van der Waals surface area contributed by atoms with Gasteiger partial charge in [-0.2, -0.15) is 5.10 Å². The number of para-hydroxylation sites is 1. The number of hydrogen-bond acceptors (Lipinski definition) is 4. The van der Waals surface area contributed by atoms with Crippen molar-refractivity contribution in [2.75, 3.05) is 0 Å². The maximum atomic E-state index is 10.6. The van der Waals surface area contributed by atoms with Gasteiger partial charge in [0.2, 0.25) is 6.23 Å². The minimum atomic E-state index is -0.504. The topological polar surface area (TPSA) is 45.1 Å². The monoisotopic (exact) mass is 470 g/mol. The number of rotatable bonds is 2. The van der Waals surface area contributed by atoms with E-state index in [2.05, 4.69) is 64.5 Å². The van der Waals surface area contributed by atoms with Crippen molar-refractivity contribution >= 4 is 32.4 Å². The van der Waals surface area contributed by atoms with Crippen molar-refractivity contribution in [2.45, 2.75) is 18.7 Å². The van der Waals surface area contributed by atoms with Crippen LogP contribution in [0.25, 0.3) is 10.8 Å². The summed E-state index contributed by atoms with van der Waals surface area (Å²) in [4.78, 5) is 0. The van der Waals surface area contributed by atoms with E-state index in [1.54, 1.807) is 6.07 Å². The molecule has 2 aliphatic heterocycles. The van der Waals surface area contributed by atoms with E-state index in [9.17, 15) is 5.11 Å². The van der Waals surface area contributed by atoms with Crippen LogP contribution in [-0.2, 0) is 0 Å². The Kier molecular flexibility index (Phi) is 4.25. The molecule has 0 unspecified atom stereocenters. The lowest BCUT2D eigenvalue weighted by molar-refractivity contribution is -0.0203. The van der Waals surface area contributed by atoms with E-state index in [0.717, 1.165) is 33.5 Å². The van der Waals surface area contributed by atoms with Crippen LogP contribution < -0.4 is 4.74 Å². The van der Waals surface area contributed by atoms with Gasteiger partial charge in [0, 0.05) is 16.5 Å². The molecule has 2 atom stereocenters. The maximum Gasteiger partial charge on any atom is 0.217 e. The molecule has 0 saturated carbocycles. The number of halogens is 1. The predicted octanol–water partition coefficient (Wildman–Crippen LogP) is 6.55. The first-order valence-corrected chi connectivity index (χ1v) is 11.1. The van der Waals surface area contributed by atoms with Crippen molar-refractivity contribution in [3.05, 3.63) is 106 Å². The number of phenolic OH excluding ortho intramolecular Hbond substituents is 1. The molecule has 152 valence electrons. The average molecular weight is 471 g/mol. The van der Waals surface area contributed by atoms with Gasteiger partial charge in [-0.15, -0.1) is 0 Å². The highest BCUT2D eigenvalue weighted by molar-refractivity contribution is 9.10. The first kappa shape index (κ1) is 18.5. The molecule has 5 heteroatoms. The van der Waals surface area contributed by atoms with Gasteiger partial charge < -0.3 is 9.84 Å². The minimum absolute atomic E-state index is 0.0507. The summed E-state index contributed by atoms with van der Waals surface area (Å²) in [6.45, 7) is 0. The highest BCUT2D eigenvalue weighted by Gasteiger charge is 2.41. The summed E-state index contributed by atoms with van der Waals surface area (Å²) in [5, 5.41) is 20.0. The molecule has 1 N–H and O–H groups in total. The molecule has 4 nitrogen and oxygen atoms in total. The molecule has 2 aliphatic rings. The van der Waals surface area contributed by atoms with Crippen molar-refractivity contribution in [3.63, 3.8) is 0 Å². The normalized spacial score (nSPS) is 19.5. The van der Waals surface area contributed by atoms with Crippen LogP contribution >= 0.6 is 15.9 Å². The number of hydrazone groups is 1. The van der Waals surface area contributed by atoms with E-state index < -0.39 is 6.23 Å². The lowest BCUT2D eigenvalue weighted by Crippen LogP contribution is -2.33. The Balaban J connectivity index is 1.47. The molecule has 6 rings (SSSR count). The van der Waals surface area contributed by atoms with E-state index in [-0.39, 0.29) is 11.8 Å². The number of phenols is 1. The Morgan fingerprint density at radius 1 is 0.871 bits per heavy atom. The van der Waals surface area contributed by atoms with Gasteiger partial charge in [0.25, 0.3) is 0 Å². The van der Waals surface area contributed by atoms with E-state index >= 15 is 0 Å². The van der Waals surface area contributed by atoms with Crippen molar-refractivity contribution in [2.24, 2.45) is 5.10 Å². The summed E-state index contributed by atoms with van der Waals surface area (Å²) in [6, 6.07) is 28.4. The van der Waals surface area contributed by atoms with Gasteiger partial charge in [0.15, 0.2) is 0 Å². The lowest BCUT2D eigenvalue weighted by Gasteiger charge is -2.38. The van der Waals surface area contributed by atoms with Gasteiger partial charge in [-0.3, -0.25) is 0 Å². The third-order valence-electron chi connectivity index (χ3n) is 6.04. The highest BCUT2D eigenvalue weighted by Crippen LogP contribution is 2.49. The van der Waals surface area contributed by atoms with E-state index in [1.807, 2.05) is 35.3 Å². The molecular weight excluding hydrogens is 452 g/mol. The van der Waals surface area contributed by atoms with Gasteiger partial charge in [0.05, 0.1) is 17.3 Å². The first-order valence-electron chi connectivity index (χ1n) is 10.3. The Labute approximate surface area is 188 Å². The molecule has 0 aliphatic carbocycles. The van der Waals surface area contributed by atoms with Crippen molar-refractivity contribution in [3.8, 4) is 11.5 Å². The number of hydrogen-bond donors (Lipinski definition) is 1. The van der Waals surface area contributed by atoms with Crippen LogP contribution in [0.15, 0.2) is 94.5 Å². The minimum Gasteiger partial charge on any atom is -0.507 e. The number of ether oxygens (including phenoxy) is 1. The predicted molar refractivity (Wildman–Crippen MR) is 125 cm³/mol. The summed E-state index contributed by atoms with van der Waals surface area (Å²) >= 11 is 3.52. The van der Waals surface area contributed by atoms with Gasteiger partial charge in [-0.05, 0) is 46.7 Å². The fourth-order valence-electron chi connectivity index (χ4n) is 4.51. The third-order valence-corrected chi connectivity index (χ3v) is 6.53. The van der Waals surface area contributed by atoms with Crippen LogP contribution in [0.5, 0.6) is 11.5 Å². The second-order valence-electron chi connectivity index (χ2n) is 7.92. The number of nitrogens with zero attached hydrogens (tertiary/aromatic N) is 2. The van der Waals surface area contributed by atoms with E-state index in [1.165, 1.54) is 10.8 Å². The van der Waals surface area contributed by atoms with Crippen molar-refractivity contribution in [1.29, 1.82) is 0 Å². The average Bonchev–Trinajstić information content (AvgIpc) is 3.26. The molecular formula is C26H19BrN2O2. The van der Waals surface area contributed by atoms with Crippen molar-refractivity contribution < 1.29 is 9.84 Å². The third kappa shape index (κ3) is 3.08. The quantitative estimate of drug-likeness (QED) is 0.361. The van der Waals surface area contributed by atoms with Crippen LogP contribution in [0.1, 0.15) is 35.4 Å². The van der Waals surface area contributed by atoms with E-state index in [4.69, 9.17) is 9.84 Å². The molecule has 0 saturated heterocycles. The molecule has 0 spiro atoms. The summed E-state index contributed by atoms with van der Waals surface area (Å²) in [6.07, 6.45) is 0.277. The number of fused-ring (bicyclic) bond motifs is 4. The van der Waals surface area contributed by atoms with Crippen LogP contribution in [0.4, 0.5) is 0 Å². The molecule has 0 fully saturated rings.